The molecule has 2 aromatic heterocycles. The predicted octanol–water partition coefficient (Wildman–Crippen LogP) is 2.03. The van der Waals surface area contributed by atoms with Crippen molar-refractivity contribution in [2.45, 2.75) is 0 Å². The molecule has 0 N–H and O–H groups in total. The summed E-state index contributed by atoms with van der Waals surface area (Å²) in [5.41, 5.74) is 0.810. The number of furan rings is 2. The van der Waals surface area contributed by atoms with E-state index < -0.39 is 0 Å². The van der Waals surface area contributed by atoms with Gasteiger partial charge >= 0.3 is 0 Å². The molecule has 2 heterocycles. The van der Waals surface area contributed by atoms with Crippen molar-refractivity contribution in [1.29, 1.82) is 0 Å². The highest BCUT2D eigenvalue weighted by atomic mass is 16.4. The molecule has 0 fully saturated rings. The summed E-state index contributed by atoms with van der Waals surface area (Å²) in [6, 6.07) is 1.86. The maximum Gasteiger partial charge on any atom is 0.171 e. The Balaban J connectivity index is 3.06. The van der Waals surface area contributed by atoms with Crippen LogP contribution in [0.25, 0.3) is 11.0 Å². The van der Waals surface area contributed by atoms with Gasteiger partial charge in [-0.15, -0.1) is 0 Å². The fourth-order valence-electron chi connectivity index (χ4n) is 0.693. The molecule has 0 aliphatic rings. The van der Waals surface area contributed by atoms with Crippen LogP contribution in [0.3, 0.4) is 0 Å². The second-order valence-corrected chi connectivity index (χ2v) is 1.61. The molecule has 0 atom stereocenters. The second-order valence-electron chi connectivity index (χ2n) is 1.61. The standard InChI is InChI=1S/C6H4O2/c1-2-8-6-4-7-3-5(1)6/h1-4H. The van der Waals surface area contributed by atoms with Crippen LogP contribution in [0.1, 0.15) is 0 Å². The molecular weight excluding hydrogens is 104 g/mol. The molecule has 0 amide bonds. The maximum absolute atomic E-state index is 4.96. The lowest BCUT2D eigenvalue weighted by Crippen LogP contribution is -1.38. The number of hydrogen-bond acceptors (Lipinski definition) is 2. The maximum atomic E-state index is 4.96. The average molecular weight is 108 g/mol. The highest BCUT2D eigenvalue weighted by molar-refractivity contribution is 5.74. The van der Waals surface area contributed by atoms with Crippen LogP contribution in [0.5, 0.6) is 0 Å². The van der Waals surface area contributed by atoms with Crippen LogP contribution in [-0.2, 0) is 0 Å². The van der Waals surface area contributed by atoms with Crippen LogP contribution < -0.4 is 0 Å². The third-order valence-electron chi connectivity index (χ3n) is 1.10. The zero-order chi connectivity index (χ0) is 5.40. The first-order valence-electron chi connectivity index (χ1n) is 2.36. The van der Waals surface area contributed by atoms with Gasteiger partial charge in [-0.25, -0.2) is 0 Å². The molecule has 0 aliphatic heterocycles. The minimum absolute atomic E-state index is 0.810. The van der Waals surface area contributed by atoms with Gasteiger partial charge in [-0.2, -0.15) is 0 Å². The van der Waals surface area contributed by atoms with Gasteiger partial charge in [-0.05, 0) is 6.07 Å². The van der Waals surface area contributed by atoms with Crippen molar-refractivity contribution in [3.8, 4) is 0 Å². The van der Waals surface area contributed by atoms with Crippen molar-refractivity contribution in [3.63, 3.8) is 0 Å². The summed E-state index contributed by atoms with van der Waals surface area (Å²) < 4.78 is 9.78. The number of rotatable bonds is 0. The summed E-state index contributed by atoms with van der Waals surface area (Å²) in [4.78, 5) is 0. The quantitative estimate of drug-likeness (QED) is 0.516. The molecule has 2 heteroatoms. The Bertz CT molecular complexity index is 228. The summed E-state index contributed by atoms with van der Waals surface area (Å²) in [6.07, 6.45) is 4.87. The fraction of sp³-hybridized carbons (Fsp3) is 0. The SMILES string of the molecule is c1cc2cocc2o1. The van der Waals surface area contributed by atoms with Gasteiger partial charge in [0.25, 0.3) is 0 Å². The van der Waals surface area contributed by atoms with Crippen molar-refractivity contribution in [1.82, 2.24) is 0 Å². The van der Waals surface area contributed by atoms with E-state index in [2.05, 4.69) is 0 Å². The van der Waals surface area contributed by atoms with Crippen LogP contribution in [0.15, 0.2) is 33.7 Å². The van der Waals surface area contributed by atoms with Crippen molar-refractivity contribution in [3.05, 3.63) is 24.9 Å². The van der Waals surface area contributed by atoms with E-state index in [9.17, 15) is 0 Å². The average Bonchev–Trinajstić information content (AvgIpc) is 2.15. The van der Waals surface area contributed by atoms with E-state index in [-0.39, 0.29) is 0 Å². The number of hydrogen-bond donors (Lipinski definition) is 0. The Morgan fingerprint density at radius 1 is 1.25 bits per heavy atom. The van der Waals surface area contributed by atoms with Crippen molar-refractivity contribution >= 4 is 11.0 Å². The molecule has 40 valence electrons. The van der Waals surface area contributed by atoms with Gasteiger partial charge in [0, 0.05) is 0 Å². The van der Waals surface area contributed by atoms with Gasteiger partial charge in [0.15, 0.2) is 5.58 Å². The fourth-order valence-corrected chi connectivity index (χ4v) is 0.693. The van der Waals surface area contributed by atoms with Gasteiger partial charge in [0.1, 0.15) is 12.5 Å². The molecule has 8 heavy (non-hydrogen) atoms. The Kier molecular flexibility index (Phi) is 0.545. The summed E-state index contributed by atoms with van der Waals surface area (Å²) in [6.45, 7) is 0. The molecule has 0 aliphatic carbocycles. The molecule has 0 aromatic carbocycles. The van der Waals surface area contributed by atoms with Crippen LogP contribution in [-0.4, -0.2) is 0 Å². The minimum atomic E-state index is 0.810. The highest BCUT2D eigenvalue weighted by Gasteiger charge is 1.94. The molecule has 0 spiro atoms. The third kappa shape index (κ3) is 0.320. The molecule has 0 saturated heterocycles. The summed E-state index contributed by atoms with van der Waals surface area (Å²) >= 11 is 0. The van der Waals surface area contributed by atoms with E-state index >= 15 is 0 Å². The van der Waals surface area contributed by atoms with Crippen molar-refractivity contribution in [2.24, 2.45) is 0 Å². The van der Waals surface area contributed by atoms with E-state index in [0.29, 0.717) is 0 Å². The van der Waals surface area contributed by atoms with Crippen molar-refractivity contribution in [2.75, 3.05) is 0 Å². The van der Waals surface area contributed by atoms with E-state index in [4.69, 9.17) is 8.83 Å². The van der Waals surface area contributed by atoms with Gasteiger partial charge in [0.2, 0.25) is 0 Å². The molecule has 2 aromatic rings. The van der Waals surface area contributed by atoms with E-state index in [1.165, 1.54) is 0 Å². The van der Waals surface area contributed by atoms with Gasteiger partial charge in [-0.3, -0.25) is 0 Å². The Hall–Kier alpha value is -1.18. The molecule has 0 radical (unpaired) electrons. The van der Waals surface area contributed by atoms with E-state index in [0.717, 1.165) is 11.0 Å². The summed E-state index contributed by atoms with van der Waals surface area (Å²) in [7, 11) is 0. The van der Waals surface area contributed by atoms with E-state index in [1.54, 1.807) is 18.8 Å². The third-order valence-corrected chi connectivity index (χ3v) is 1.10. The Labute approximate surface area is 45.7 Å². The Morgan fingerprint density at radius 2 is 2.25 bits per heavy atom. The predicted molar refractivity (Wildman–Crippen MR) is 28.5 cm³/mol. The topological polar surface area (TPSA) is 26.3 Å². The first-order valence-corrected chi connectivity index (χ1v) is 2.36. The molecular formula is C6H4O2. The molecule has 2 rings (SSSR count). The second kappa shape index (κ2) is 1.15. The van der Waals surface area contributed by atoms with Crippen molar-refractivity contribution < 1.29 is 8.83 Å². The number of fused-ring (bicyclic) bond motifs is 1. The lowest BCUT2D eigenvalue weighted by molar-refractivity contribution is 0.549. The zero-order valence-electron chi connectivity index (χ0n) is 4.13. The van der Waals surface area contributed by atoms with E-state index in [1.807, 2.05) is 6.07 Å². The molecule has 0 bridgehead atoms. The monoisotopic (exact) mass is 108 g/mol. The van der Waals surface area contributed by atoms with Gasteiger partial charge in [0.05, 0.1) is 11.6 Å². The Morgan fingerprint density at radius 3 is 3.12 bits per heavy atom. The summed E-state index contributed by atoms with van der Waals surface area (Å²) in [5, 5.41) is 1.02. The smallest absolute Gasteiger partial charge is 0.171 e. The molecule has 2 nitrogen and oxygen atoms in total. The lowest BCUT2D eigenvalue weighted by atomic mass is 10.4. The van der Waals surface area contributed by atoms with Crippen LogP contribution in [0.2, 0.25) is 0 Å². The van der Waals surface area contributed by atoms with Crippen LogP contribution in [0.4, 0.5) is 0 Å². The molecule has 0 saturated carbocycles. The zero-order valence-corrected chi connectivity index (χ0v) is 4.13. The normalized spacial score (nSPS) is 10.5. The van der Waals surface area contributed by atoms with Crippen LogP contribution in [0, 0.1) is 0 Å². The minimum Gasteiger partial charge on any atom is -0.468 e. The largest absolute Gasteiger partial charge is 0.468 e. The van der Waals surface area contributed by atoms with Gasteiger partial charge in [-0.1, -0.05) is 0 Å². The van der Waals surface area contributed by atoms with Crippen LogP contribution >= 0.6 is 0 Å². The summed E-state index contributed by atoms with van der Waals surface area (Å²) in [5.74, 6) is 0. The lowest BCUT2D eigenvalue weighted by Gasteiger charge is -1.63. The van der Waals surface area contributed by atoms with Gasteiger partial charge < -0.3 is 8.83 Å². The molecule has 0 unspecified atom stereocenters. The highest BCUT2D eigenvalue weighted by Crippen LogP contribution is 2.14. The first-order chi connectivity index (χ1) is 3.97. The first kappa shape index (κ1) is 3.78.